The Kier molecular flexibility index (Phi) is 64.9. The second-order valence-electron chi connectivity index (χ2n) is 26.8. The summed E-state index contributed by atoms with van der Waals surface area (Å²) < 4.78 is 68.4. The van der Waals surface area contributed by atoms with Crippen molar-refractivity contribution in [3.63, 3.8) is 0 Å². The van der Waals surface area contributed by atoms with E-state index in [9.17, 15) is 43.2 Å². The molecule has 0 aliphatic rings. The van der Waals surface area contributed by atoms with Crippen molar-refractivity contribution in [2.75, 3.05) is 39.6 Å². The van der Waals surface area contributed by atoms with Gasteiger partial charge in [0, 0.05) is 25.7 Å². The molecule has 0 aliphatic carbocycles. The van der Waals surface area contributed by atoms with Crippen molar-refractivity contribution >= 4 is 39.5 Å². The summed E-state index contributed by atoms with van der Waals surface area (Å²) in [5.41, 5.74) is 0. The second kappa shape index (κ2) is 66.3. The minimum Gasteiger partial charge on any atom is -0.462 e. The van der Waals surface area contributed by atoms with Gasteiger partial charge in [0.05, 0.1) is 26.4 Å². The van der Waals surface area contributed by atoms with Gasteiger partial charge < -0.3 is 33.8 Å². The SMILES string of the molecule is CCCCCCCCCCCCCCCCCCCC(=O)O[C@H](COC(=O)CCCCCCCCCCCCCCCCC)COP(=O)(O)OC[C@@H](O)COP(=O)(O)OC[C@@H](COC(=O)CCCCCCCCCC)OC(=O)CCCCCCCCCCCC(C)C. The molecule has 546 valence electrons. The molecule has 2 unspecified atom stereocenters. The first-order valence-corrected chi connectivity index (χ1v) is 41.1. The third-order valence-corrected chi connectivity index (χ3v) is 18.9. The lowest BCUT2D eigenvalue weighted by atomic mass is 10.0. The van der Waals surface area contributed by atoms with E-state index in [1.807, 2.05) is 0 Å². The van der Waals surface area contributed by atoms with Crippen LogP contribution in [0.3, 0.4) is 0 Å². The third-order valence-electron chi connectivity index (χ3n) is 17.0. The third kappa shape index (κ3) is 66.7. The number of unbranched alkanes of at least 4 members (excludes halogenated alkanes) is 45. The van der Waals surface area contributed by atoms with Gasteiger partial charge >= 0.3 is 39.5 Å². The number of rotatable bonds is 73. The van der Waals surface area contributed by atoms with E-state index in [1.165, 1.54) is 199 Å². The largest absolute Gasteiger partial charge is 0.472 e. The van der Waals surface area contributed by atoms with Crippen LogP contribution in [0.4, 0.5) is 0 Å². The molecular formula is C73H142O17P2. The van der Waals surface area contributed by atoms with E-state index < -0.39 is 97.5 Å². The molecule has 17 nitrogen and oxygen atoms in total. The predicted octanol–water partition coefficient (Wildman–Crippen LogP) is 21.3. The van der Waals surface area contributed by atoms with E-state index in [2.05, 4.69) is 34.6 Å². The molecule has 0 aromatic carbocycles. The molecule has 0 bridgehead atoms. The number of phosphoric acid groups is 2. The van der Waals surface area contributed by atoms with Gasteiger partial charge in [-0.1, -0.05) is 330 Å². The van der Waals surface area contributed by atoms with Gasteiger partial charge in [0.25, 0.3) is 0 Å². The van der Waals surface area contributed by atoms with E-state index in [4.69, 9.17) is 37.0 Å². The first-order valence-electron chi connectivity index (χ1n) is 38.1. The number of hydrogen-bond acceptors (Lipinski definition) is 15. The average molecular weight is 1350 g/mol. The van der Waals surface area contributed by atoms with E-state index >= 15 is 0 Å². The second-order valence-corrected chi connectivity index (χ2v) is 29.7. The first-order chi connectivity index (χ1) is 44.5. The molecule has 92 heavy (non-hydrogen) atoms. The van der Waals surface area contributed by atoms with Crippen molar-refractivity contribution in [1.82, 2.24) is 0 Å². The lowest BCUT2D eigenvalue weighted by Crippen LogP contribution is -2.30. The highest BCUT2D eigenvalue weighted by Crippen LogP contribution is 2.45. The van der Waals surface area contributed by atoms with Crippen molar-refractivity contribution in [1.29, 1.82) is 0 Å². The highest BCUT2D eigenvalue weighted by atomic mass is 31.2. The Morgan fingerprint density at radius 1 is 0.293 bits per heavy atom. The van der Waals surface area contributed by atoms with Crippen LogP contribution in [-0.2, 0) is 65.4 Å². The van der Waals surface area contributed by atoms with Crippen molar-refractivity contribution < 1.29 is 80.2 Å². The standard InChI is InChI=1S/C73H142O17P2/c1-6-9-12-15-18-21-23-25-27-28-30-32-34-38-43-48-53-58-72(77)89-69(63-84-71(76)57-52-47-42-37-33-31-29-26-24-22-19-16-13-10-7-2)65-88-92(81,82)86-61-67(74)60-85-91(79,80)87-64-68(62-83-70(75)56-51-46-41-20-17-14-11-8-3)90-73(78)59-54-49-44-39-35-36-40-45-50-55-66(4)5/h66-69,74H,6-65H2,1-5H3,(H,79,80)(H,81,82)/t67-,68+,69+/m0/s1. The quantitative estimate of drug-likeness (QED) is 0.0222. The van der Waals surface area contributed by atoms with E-state index in [0.717, 1.165) is 102 Å². The Labute approximate surface area is 562 Å². The molecule has 0 fully saturated rings. The van der Waals surface area contributed by atoms with Crippen LogP contribution in [0.5, 0.6) is 0 Å². The molecular weight excluding hydrogens is 1210 g/mol. The number of esters is 4. The van der Waals surface area contributed by atoms with Crippen LogP contribution in [-0.4, -0.2) is 96.7 Å². The summed E-state index contributed by atoms with van der Waals surface area (Å²) in [5.74, 6) is -1.38. The fourth-order valence-corrected chi connectivity index (χ4v) is 12.8. The number of phosphoric ester groups is 2. The molecule has 5 atom stereocenters. The first kappa shape index (κ1) is 90.1. The van der Waals surface area contributed by atoms with E-state index in [0.29, 0.717) is 25.7 Å². The van der Waals surface area contributed by atoms with Gasteiger partial charge in [0.1, 0.15) is 19.3 Å². The van der Waals surface area contributed by atoms with Gasteiger partial charge in [-0.15, -0.1) is 0 Å². The van der Waals surface area contributed by atoms with Crippen LogP contribution < -0.4 is 0 Å². The van der Waals surface area contributed by atoms with Crippen LogP contribution in [0.25, 0.3) is 0 Å². The summed E-state index contributed by atoms with van der Waals surface area (Å²) in [7, 11) is -9.90. The molecule has 0 spiro atoms. The molecule has 3 N–H and O–H groups in total. The summed E-state index contributed by atoms with van der Waals surface area (Å²) >= 11 is 0. The number of carbonyl (C=O) groups excluding carboxylic acids is 4. The highest BCUT2D eigenvalue weighted by Gasteiger charge is 2.30. The molecule has 0 radical (unpaired) electrons. The Morgan fingerprint density at radius 2 is 0.500 bits per heavy atom. The molecule has 0 aromatic heterocycles. The van der Waals surface area contributed by atoms with Gasteiger partial charge in [-0.3, -0.25) is 37.3 Å². The Balaban J connectivity index is 5.21. The van der Waals surface area contributed by atoms with E-state index in [1.54, 1.807) is 0 Å². The summed E-state index contributed by atoms with van der Waals surface area (Å²) in [6.45, 7) is 7.23. The molecule has 0 aliphatic heterocycles. The molecule has 0 rings (SSSR count). The molecule has 0 saturated heterocycles. The zero-order valence-electron chi connectivity index (χ0n) is 59.7. The lowest BCUT2D eigenvalue weighted by molar-refractivity contribution is -0.161. The summed E-state index contributed by atoms with van der Waals surface area (Å²) in [6, 6.07) is 0. The smallest absolute Gasteiger partial charge is 0.462 e. The van der Waals surface area contributed by atoms with Crippen LogP contribution in [0.1, 0.15) is 381 Å². The zero-order chi connectivity index (χ0) is 67.7. The zero-order valence-corrected chi connectivity index (χ0v) is 61.5. The molecule has 0 amide bonds. The maximum Gasteiger partial charge on any atom is 0.472 e. The summed E-state index contributed by atoms with van der Waals surface area (Å²) in [5, 5.41) is 10.6. The average Bonchev–Trinajstić information content (AvgIpc) is 2.79. The van der Waals surface area contributed by atoms with Gasteiger partial charge in [0.2, 0.25) is 0 Å². The number of carbonyl (C=O) groups is 4. The van der Waals surface area contributed by atoms with Gasteiger partial charge in [-0.05, 0) is 31.6 Å². The van der Waals surface area contributed by atoms with Gasteiger partial charge in [-0.25, -0.2) is 9.13 Å². The summed E-state index contributed by atoms with van der Waals surface area (Å²) in [6.07, 6.45) is 54.1. The Bertz CT molecular complexity index is 1770. The topological polar surface area (TPSA) is 237 Å². The minimum atomic E-state index is -4.95. The van der Waals surface area contributed by atoms with Crippen LogP contribution in [0.2, 0.25) is 0 Å². The molecule has 0 saturated carbocycles. The summed E-state index contributed by atoms with van der Waals surface area (Å²) in [4.78, 5) is 72.6. The Morgan fingerprint density at radius 3 is 0.739 bits per heavy atom. The maximum atomic E-state index is 13.1. The number of hydrogen-bond donors (Lipinski definition) is 3. The molecule has 19 heteroatoms. The highest BCUT2D eigenvalue weighted by molar-refractivity contribution is 7.47. The fraction of sp³-hybridized carbons (Fsp3) is 0.945. The van der Waals surface area contributed by atoms with Crippen molar-refractivity contribution in [2.45, 2.75) is 400 Å². The fourth-order valence-electron chi connectivity index (χ4n) is 11.2. The van der Waals surface area contributed by atoms with Crippen molar-refractivity contribution in [2.24, 2.45) is 5.92 Å². The maximum absolute atomic E-state index is 13.1. The number of aliphatic hydroxyl groups is 1. The van der Waals surface area contributed by atoms with Gasteiger partial charge in [-0.2, -0.15) is 0 Å². The monoisotopic (exact) mass is 1350 g/mol. The minimum absolute atomic E-state index is 0.105. The lowest BCUT2D eigenvalue weighted by Gasteiger charge is -2.21. The van der Waals surface area contributed by atoms with Gasteiger partial charge in [0.15, 0.2) is 12.2 Å². The van der Waals surface area contributed by atoms with Crippen LogP contribution in [0, 0.1) is 5.92 Å². The van der Waals surface area contributed by atoms with Crippen LogP contribution >= 0.6 is 15.6 Å². The van der Waals surface area contributed by atoms with E-state index in [-0.39, 0.29) is 25.7 Å². The van der Waals surface area contributed by atoms with Crippen molar-refractivity contribution in [3.05, 3.63) is 0 Å². The van der Waals surface area contributed by atoms with Crippen molar-refractivity contribution in [3.8, 4) is 0 Å². The predicted molar refractivity (Wildman–Crippen MR) is 372 cm³/mol. The number of ether oxygens (including phenoxy) is 4. The van der Waals surface area contributed by atoms with Crippen LogP contribution in [0.15, 0.2) is 0 Å². The molecule has 0 aromatic rings. The normalized spacial score (nSPS) is 14.0. The number of aliphatic hydroxyl groups excluding tert-OH is 1. The molecule has 0 heterocycles. The Hall–Kier alpha value is -1.94.